The van der Waals surface area contributed by atoms with Crippen LogP contribution < -0.4 is 14.5 Å². The number of halogens is 1. The minimum absolute atomic E-state index is 0.213. The first-order valence-corrected chi connectivity index (χ1v) is 10.9. The number of rotatable bonds is 4. The third-order valence-electron chi connectivity index (χ3n) is 4.83. The van der Waals surface area contributed by atoms with E-state index in [-0.39, 0.29) is 5.82 Å². The molecule has 0 N–H and O–H groups in total. The summed E-state index contributed by atoms with van der Waals surface area (Å²) in [5.74, 6) is 0.637. The maximum absolute atomic E-state index is 13.4. The van der Waals surface area contributed by atoms with Crippen LogP contribution in [0.4, 0.5) is 14.7 Å². The van der Waals surface area contributed by atoms with E-state index in [1.165, 1.54) is 6.07 Å². The fourth-order valence-corrected chi connectivity index (χ4v) is 5.51. The summed E-state index contributed by atoms with van der Waals surface area (Å²) in [6.07, 6.45) is 0. The van der Waals surface area contributed by atoms with E-state index < -0.39 is 0 Å². The lowest BCUT2D eigenvalue weighted by molar-refractivity contribution is 0.344. The number of anilines is 2. The average molecular weight is 415 g/mol. The summed E-state index contributed by atoms with van der Waals surface area (Å²) in [6.45, 7) is 6.13. The monoisotopic (exact) mass is 414 g/mol. The molecular formula is C20H19FN4OS2. The molecule has 4 aromatic rings. The molecular weight excluding hydrogens is 395 g/mol. The molecule has 0 spiro atoms. The minimum Gasteiger partial charge on any atom is -0.492 e. The lowest BCUT2D eigenvalue weighted by Gasteiger charge is -2.34. The predicted octanol–water partition coefficient (Wildman–Crippen LogP) is 4.77. The van der Waals surface area contributed by atoms with Crippen molar-refractivity contribution < 1.29 is 9.13 Å². The number of piperazine rings is 1. The highest BCUT2D eigenvalue weighted by Crippen LogP contribution is 2.35. The van der Waals surface area contributed by atoms with E-state index in [1.807, 2.05) is 19.1 Å². The second-order valence-corrected chi connectivity index (χ2v) is 8.63. The van der Waals surface area contributed by atoms with Crippen LogP contribution in [-0.4, -0.2) is 42.8 Å². The number of fused-ring (bicyclic) bond motifs is 2. The topological polar surface area (TPSA) is 41.5 Å². The maximum Gasteiger partial charge on any atom is 0.186 e. The fourth-order valence-electron chi connectivity index (χ4n) is 3.43. The predicted molar refractivity (Wildman–Crippen MR) is 115 cm³/mol. The normalized spacial score (nSPS) is 14.9. The summed E-state index contributed by atoms with van der Waals surface area (Å²) < 4.78 is 21.2. The molecule has 3 heterocycles. The summed E-state index contributed by atoms with van der Waals surface area (Å²) in [5, 5.41) is 2.00. The van der Waals surface area contributed by atoms with Crippen LogP contribution in [0.25, 0.3) is 20.4 Å². The molecule has 2 aromatic carbocycles. The number of hydrogen-bond donors (Lipinski definition) is 0. The Balaban J connectivity index is 1.34. The van der Waals surface area contributed by atoms with Crippen molar-refractivity contribution in [2.24, 2.45) is 0 Å². The number of benzene rings is 2. The van der Waals surface area contributed by atoms with Gasteiger partial charge in [-0.25, -0.2) is 14.4 Å². The summed E-state index contributed by atoms with van der Waals surface area (Å²) in [7, 11) is 0. The SMILES string of the molecule is CCOc1cccc2sc(N3CCN(c4nc5ccc(F)cc5s4)CC3)nc12. The van der Waals surface area contributed by atoms with Crippen molar-refractivity contribution in [3.05, 3.63) is 42.2 Å². The first-order valence-electron chi connectivity index (χ1n) is 9.29. The van der Waals surface area contributed by atoms with Gasteiger partial charge < -0.3 is 14.5 Å². The van der Waals surface area contributed by atoms with E-state index >= 15 is 0 Å². The molecule has 144 valence electrons. The number of hydrogen-bond acceptors (Lipinski definition) is 7. The lowest BCUT2D eigenvalue weighted by atomic mass is 10.3. The van der Waals surface area contributed by atoms with Gasteiger partial charge in [0.15, 0.2) is 10.3 Å². The second-order valence-electron chi connectivity index (χ2n) is 6.61. The molecule has 0 atom stereocenters. The summed E-state index contributed by atoms with van der Waals surface area (Å²) in [4.78, 5) is 14.1. The van der Waals surface area contributed by atoms with Gasteiger partial charge in [-0.05, 0) is 37.3 Å². The Labute approximate surface area is 170 Å². The Morgan fingerprint density at radius 1 is 0.964 bits per heavy atom. The molecule has 1 aliphatic heterocycles. The van der Waals surface area contributed by atoms with E-state index in [2.05, 4.69) is 20.9 Å². The van der Waals surface area contributed by atoms with Crippen LogP contribution in [0.1, 0.15) is 6.92 Å². The van der Waals surface area contributed by atoms with E-state index in [1.54, 1.807) is 34.8 Å². The van der Waals surface area contributed by atoms with Gasteiger partial charge in [0.25, 0.3) is 0 Å². The van der Waals surface area contributed by atoms with Gasteiger partial charge in [0, 0.05) is 26.2 Å². The molecule has 5 rings (SSSR count). The molecule has 0 unspecified atom stereocenters. The van der Waals surface area contributed by atoms with Gasteiger partial charge in [0.1, 0.15) is 17.1 Å². The number of para-hydroxylation sites is 1. The van der Waals surface area contributed by atoms with Crippen LogP contribution in [0.3, 0.4) is 0 Å². The van der Waals surface area contributed by atoms with Crippen molar-refractivity contribution in [1.82, 2.24) is 9.97 Å². The van der Waals surface area contributed by atoms with Crippen LogP contribution >= 0.6 is 22.7 Å². The zero-order valence-corrected chi connectivity index (χ0v) is 17.0. The molecule has 0 bridgehead atoms. The Bertz CT molecular complexity index is 1130. The van der Waals surface area contributed by atoms with Gasteiger partial charge in [-0.1, -0.05) is 28.7 Å². The van der Waals surface area contributed by atoms with Crippen molar-refractivity contribution in [3.8, 4) is 5.75 Å². The molecule has 5 nitrogen and oxygen atoms in total. The van der Waals surface area contributed by atoms with Crippen LogP contribution in [0.2, 0.25) is 0 Å². The summed E-state index contributed by atoms with van der Waals surface area (Å²) in [5.41, 5.74) is 1.80. The van der Waals surface area contributed by atoms with Gasteiger partial charge in [-0.2, -0.15) is 0 Å². The molecule has 8 heteroatoms. The molecule has 2 aromatic heterocycles. The first-order chi connectivity index (χ1) is 13.7. The van der Waals surface area contributed by atoms with Crippen LogP contribution in [0, 0.1) is 5.82 Å². The highest BCUT2D eigenvalue weighted by Gasteiger charge is 2.22. The van der Waals surface area contributed by atoms with Crippen LogP contribution in [0.5, 0.6) is 5.75 Å². The first kappa shape index (κ1) is 17.6. The van der Waals surface area contributed by atoms with Gasteiger partial charge in [0.05, 0.1) is 21.5 Å². The number of aromatic nitrogens is 2. The number of nitrogens with zero attached hydrogens (tertiary/aromatic N) is 4. The quantitative estimate of drug-likeness (QED) is 0.481. The standard InChI is InChI=1S/C20H19FN4OS2/c1-2-26-15-4-3-5-16-18(15)23-20(27-16)25-10-8-24(9-11-25)19-22-14-7-6-13(21)12-17(14)28-19/h3-7,12H,2,8-11H2,1H3. The third-order valence-corrected chi connectivity index (χ3v) is 6.99. The summed E-state index contributed by atoms with van der Waals surface area (Å²) >= 11 is 3.26. The van der Waals surface area contributed by atoms with Gasteiger partial charge in [-0.3, -0.25) is 0 Å². The number of ether oxygens (including phenoxy) is 1. The van der Waals surface area contributed by atoms with Crippen molar-refractivity contribution in [1.29, 1.82) is 0 Å². The molecule has 1 aliphatic rings. The smallest absolute Gasteiger partial charge is 0.186 e. The van der Waals surface area contributed by atoms with Crippen LogP contribution in [-0.2, 0) is 0 Å². The highest BCUT2D eigenvalue weighted by atomic mass is 32.1. The molecule has 0 saturated carbocycles. The molecule has 1 saturated heterocycles. The van der Waals surface area contributed by atoms with Crippen molar-refractivity contribution in [2.75, 3.05) is 42.6 Å². The third kappa shape index (κ3) is 3.16. The van der Waals surface area contributed by atoms with E-state index in [0.29, 0.717) is 6.61 Å². The minimum atomic E-state index is -0.213. The Morgan fingerprint density at radius 3 is 2.43 bits per heavy atom. The molecule has 1 fully saturated rings. The van der Waals surface area contributed by atoms with Gasteiger partial charge in [0.2, 0.25) is 0 Å². The Kier molecular flexibility index (Phi) is 4.52. The van der Waals surface area contributed by atoms with Crippen molar-refractivity contribution in [2.45, 2.75) is 6.92 Å². The molecule has 0 amide bonds. The molecule has 0 radical (unpaired) electrons. The van der Waals surface area contributed by atoms with E-state index in [4.69, 9.17) is 9.72 Å². The van der Waals surface area contributed by atoms with Crippen LogP contribution in [0.15, 0.2) is 36.4 Å². The van der Waals surface area contributed by atoms with E-state index in [0.717, 1.165) is 62.6 Å². The second kappa shape index (κ2) is 7.18. The molecule has 28 heavy (non-hydrogen) atoms. The number of thiazole rings is 2. The highest BCUT2D eigenvalue weighted by molar-refractivity contribution is 7.22. The Hall–Kier alpha value is -2.45. The fraction of sp³-hybridized carbons (Fsp3) is 0.300. The van der Waals surface area contributed by atoms with E-state index in [9.17, 15) is 4.39 Å². The largest absolute Gasteiger partial charge is 0.492 e. The zero-order valence-electron chi connectivity index (χ0n) is 15.4. The summed E-state index contributed by atoms with van der Waals surface area (Å²) in [6, 6.07) is 10.9. The lowest BCUT2D eigenvalue weighted by Crippen LogP contribution is -2.46. The zero-order chi connectivity index (χ0) is 19.1. The molecule has 0 aliphatic carbocycles. The Morgan fingerprint density at radius 2 is 1.68 bits per heavy atom. The van der Waals surface area contributed by atoms with Crippen molar-refractivity contribution in [3.63, 3.8) is 0 Å². The van der Waals surface area contributed by atoms with Gasteiger partial charge in [-0.15, -0.1) is 0 Å². The van der Waals surface area contributed by atoms with Crippen molar-refractivity contribution >= 4 is 53.4 Å². The maximum atomic E-state index is 13.4. The average Bonchev–Trinajstić information content (AvgIpc) is 3.33. The van der Waals surface area contributed by atoms with Gasteiger partial charge >= 0.3 is 0 Å².